The van der Waals surface area contributed by atoms with Crippen molar-refractivity contribution in [3.8, 4) is 11.5 Å². The lowest BCUT2D eigenvalue weighted by Crippen LogP contribution is -2.36. The Morgan fingerprint density at radius 3 is 2.78 bits per heavy atom. The predicted octanol–water partition coefficient (Wildman–Crippen LogP) is 3.81. The van der Waals surface area contributed by atoms with Gasteiger partial charge in [0.25, 0.3) is 0 Å². The maximum absolute atomic E-state index is 12.5. The van der Waals surface area contributed by atoms with E-state index in [-0.39, 0.29) is 11.9 Å². The molecule has 1 N–H and O–H groups in total. The van der Waals surface area contributed by atoms with Gasteiger partial charge >= 0.3 is 0 Å². The molecular weight excluding hydrogens is 364 g/mol. The monoisotopic (exact) mass is 388 g/mol. The number of carbonyl (C=O) groups is 1. The fraction of sp³-hybridized carbons (Fsp3) is 0.381. The molecule has 0 unspecified atom stereocenters. The smallest absolute Gasteiger partial charge is 0.234 e. The first kappa shape index (κ1) is 19.5. The van der Waals surface area contributed by atoms with Crippen LogP contribution >= 0.6 is 11.6 Å². The van der Waals surface area contributed by atoms with E-state index in [9.17, 15) is 4.79 Å². The fourth-order valence-corrected chi connectivity index (χ4v) is 3.75. The van der Waals surface area contributed by atoms with Gasteiger partial charge in [-0.1, -0.05) is 29.8 Å². The van der Waals surface area contributed by atoms with Crippen molar-refractivity contribution in [2.24, 2.45) is 0 Å². The molecule has 1 heterocycles. The van der Waals surface area contributed by atoms with Gasteiger partial charge in [-0.3, -0.25) is 9.69 Å². The lowest BCUT2D eigenvalue weighted by molar-refractivity contribution is -0.122. The van der Waals surface area contributed by atoms with Crippen LogP contribution in [0.3, 0.4) is 0 Å². The molecule has 0 aliphatic carbocycles. The minimum absolute atomic E-state index is 0.0105. The molecule has 1 amide bonds. The maximum Gasteiger partial charge on any atom is 0.234 e. The molecule has 3 rings (SSSR count). The Kier molecular flexibility index (Phi) is 6.58. The zero-order valence-corrected chi connectivity index (χ0v) is 16.5. The average Bonchev–Trinajstić information content (AvgIpc) is 3.14. The molecule has 1 fully saturated rings. The fourth-order valence-electron chi connectivity index (χ4n) is 3.54. The number of benzene rings is 2. The Balaban J connectivity index is 1.66. The van der Waals surface area contributed by atoms with Crippen LogP contribution in [-0.2, 0) is 11.3 Å². The number of ether oxygens (including phenoxy) is 2. The third-order valence-electron chi connectivity index (χ3n) is 4.94. The summed E-state index contributed by atoms with van der Waals surface area (Å²) in [6.45, 7) is 1.65. The zero-order chi connectivity index (χ0) is 19.2. The second-order valence-electron chi connectivity index (χ2n) is 6.60. The van der Waals surface area contributed by atoms with E-state index in [1.165, 1.54) is 0 Å². The largest absolute Gasteiger partial charge is 0.497 e. The van der Waals surface area contributed by atoms with Crippen LogP contribution in [0.1, 0.15) is 30.0 Å². The number of nitrogens with one attached hydrogen (secondary N) is 1. The molecule has 1 atom stereocenters. The number of halogens is 1. The van der Waals surface area contributed by atoms with Gasteiger partial charge in [-0.25, -0.2) is 0 Å². The summed E-state index contributed by atoms with van der Waals surface area (Å²) in [5.74, 6) is 1.61. The van der Waals surface area contributed by atoms with E-state index in [1.54, 1.807) is 14.2 Å². The maximum atomic E-state index is 12.5. The van der Waals surface area contributed by atoms with E-state index >= 15 is 0 Å². The number of amides is 1. The van der Waals surface area contributed by atoms with Crippen molar-refractivity contribution in [3.05, 3.63) is 58.6 Å². The normalized spacial score (nSPS) is 16.9. The molecule has 6 heteroatoms. The molecule has 2 aromatic rings. The molecule has 1 aliphatic heterocycles. The van der Waals surface area contributed by atoms with E-state index < -0.39 is 0 Å². The van der Waals surface area contributed by atoms with Gasteiger partial charge in [0.05, 0.1) is 20.8 Å². The first-order valence-electron chi connectivity index (χ1n) is 9.08. The quantitative estimate of drug-likeness (QED) is 0.783. The van der Waals surface area contributed by atoms with Crippen molar-refractivity contribution >= 4 is 17.5 Å². The second-order valence-corrected chi connectivity index (χ2v) is 7.01. The van der Waals surface area contributed by atoms with Crippen molar-refractivity contribution in [1.82, 2.24) is 10.2 Å². The van der Waals surface area contributed by atoms with Gasteiger partial charge in [0.15, 0.2) is 0 Å². The molecule has 0 aromatic heterocycles. The Hall–Kier alpha value is -2.24. The first-order chi connectivity index (χ1) is 13.1. The molecule has 0 bridgehead atoms. The zero-order valence-electron chi connectivity index (χ0n) is 15.7. The number of rotatable bonds is 7. The van der Waals surface area contributed by atoms with Crippen LogP contribution in [-0.4, -0.2) is 38.1 Å². The number of carbonyl (C=O) groups excluding carboxylic acids is 1. The van der Waals surface area contributed by atoms with Crippen LogP contribution in [0.15, 0.2) is 42.5 Å². The van der Waals surface area contributed by atoms with Crippen LogP contribution in [0.4, 0.5) is 0 Å². The minimum Gasteiger partial charge on any atom is -0.497 e. The highest BCUT2D eigenvalue weighted by Gasteiger charge is 2.30. The van der Waals surface area contributed by atoms with Gasteiger partial charge < -0.3 is 14.8 Å². The van der Waals surface area contributed by atoms with Gasteiger partial charge in [-0.05, 0) is 49.2 Å². The third kappa shape index (κ3) is 4.73. The Bertz CT molecular complexity index is 797. The van der Waals surface area contributed by atoms with Gasteiger partial charge in [0.2, 0.25) is 5.91 Å². The molecule has 0 saturated carbocycles. The van der Waals surface area contributed by atoms with Crippen LogP contribution < -0.4 is 14.8 Å². The summed E-state index contributed by atoms with van der Waals surface area (Å²) in [7, 11) is 3.32. The van der Waals surface area contributed by atoms with Gasteiger partial charge in [-0.2, -0.15) is 0 Å². The second kappa shape index (κ2) is 9.11. The van der Waals surface area contributed by atoms with Crippen molar-refractivity contribution in [2.45, 2.75) is 25.4 Å². The molecule has 27 heavy (non-hydrogen) atoms. The van der Waals surface area contributed by atoms with E-state index in [2.05, 4.69) is 10.2 Å². The van der Waals surface area contributed by atoms with E-state index in [0.29, 0.717) is 18.1 Å². The van der Waals surface area contributed by atoms with E-state index in [4.69, 9.17) is 21.1 Å². The number of hydrogen-bond donors (Lipinski definition) is 1. The van der Waals surface area contributed by atoms with Gasteiger partial charge in [-0.15, -0.1) is 0 Å². The number of hydrogen-bond acceptors (Lipinski definition) is 4. The molecule has 144 valence electrons. The van der Waals surface area contributed by atoms with Gasteiger partial charge in [0, 0.05) is 23.2 Å². The van der Waals surface area contributed by atoms with E-state index in [0.717, 1.165) is 42.0 Å². The van der Waals surface area contributed by atoms with Crippen molar-refractivity contribution < 1.29 is 14.3 Å². The third-order valence-corrected chi connectivity index (χ3v) is 5.31. The molecule has 1 saturated heterocycles. The molecule has 0 radical (unpaired) electrons. The summed E-state index contributed by atoms with van der Waals surface area (Å²) in [6, 6.07) is 13.5. The lowest BCUT2D eigenvalue weighted by Gasteiger charge is -2.26. The highest BCUT2D eigenvalue weighted by atomic mass is 35.5. The predicted molar refractivity (Wildman–Crippen MR) is 106 cm³/mol. The summed E-state index contributed by atoms with van der Waals surface area (Å²) in [5, 5.41) is 3.63. The van der Waals surface area contributed by atoms with Gasteiger partial charge in [0.1, 0.15) is 11.5 Å². The Labute approximate surface area is 165 Å². The summed E-state index contributed by atoms with van der Waals surface area (Å²) >= 11 is 6.16. The van der Waals surface area contributed by atoms with Crippen molar-refractivity contribution in [2.75, 3.05) is 27.3 Å². The highest BCUT2D eigenvalue weighted by molar-refractivity contribution is 6.31. The Morgan fingerprint density at radius 2 is 2.04 bits per heavy atom. The van der Waals surface area contributed by atoms with Crippen molar-refractivity contribution in [3.63, 3.8) is 0 Å². The Morgan fingerprint density at radius 1 is 1.22 bits per heavy atom. The summed E-state index contributed by atoms with van der Waals surface area (Å²) in [4.78, 5) is 14.7. The van der Waals surface area contributed by atoms with Crippen molar-refractivity contribution in [1.29, 1.82) is 0 Å². The number of methoxy groups -OCH3 is 2. The van der Waals surface area contributed by atoms with Crippen LogP contribution in [0, 0.1) is 0 Å². The van der Waals surface area contributed by atoms with E-state index in [1.807, 2.05) is 42.5 Å². The first-order valence-corrected chi connectivity index (χ1v) is 9.46. The lowest BCUT2D eigenvalue weighted by atomic mass is 10.0. The number of likely N-dealkylation sites (tertiary alicyclic amines) is 1. The molecule has 0 spiro atoms. The topological polar surface area (TPSA) is 50.8 Å². The summed E-state index contributed by atoms with van der Waals surface area (Å²) in [6.07, 6.45) is 2.03. The standard InChI is InChI=1S/C21H25ClN2O3/c1-26-16-9-10-20(27-2)17(12-16)19-8-5-11-24(19)14-21(25)23-13-15-6-3-4-7-18(15)22/h3-4,6-7,9-10,12,19H,5,8,11,13-14H2,1-2H3,(H,23,25)/t19-/m1/s1. The molecular formula is C21H25ClN2O3. The van der Waals surface area contributed by atoms with Crippen LogP contribution in [0.25, 0.3) is 0 Å². The molecule has 1 aliphatic rings. The van der Waals surface area contributed by atoms with Crippen LogP contribution in [0.2, 0.25) is 5.02 Å². The average molecular weight is 389 g/mol. The summed E-state index contributed by atoms with van der Waals surface area (Å²) in [5.41, 5.74) is 1.98. The molecule has 2 aromatic carbocycles. The summed E-state index contributed by atoms with van der Waals surface area (Å²) < 4.78 is 10.9. The highest BCUT2D eigenvalue weighted by Crippen LogP contribution is 2.38. The van der Waals surface area contributed by atoms with Crippen LogP contribution in [0.5, 0.6) is 11.5 Å². The number of nitrogens with zero attached hydrogens (tertiary/aromatic N) is 1. The SMILES string of the molecule is COc1ccc(OC)c([C@H]2CCCN2CC(=O)NCc2ccccc2Cl)c1. The molecule has 5 nitrogen and oxygen atoms in total. The minimum atomic E-state index is -0.0105.